The van der Waals surface area contributed by atoms with Crippen molar-refractivity contribution >= 4 is 23.0 Å². The molecule has 0 atom stereocenters. The van der Waals surface area contributed by atoms with Gasteiger partial charge in [-0.05, 0) is 25.1 Å². The molecule has 0 radical (unpaired) electrons. The highest BCUT2D eigenvalue weighted by Gasteiger charge is 2.11. The van der Waals surface area contributed by atoms with Crippen molar-refractivity contribution in [2.45, 2.75) is 6.92 Å². The fourth-order valence-corrected chi connectivity index (χ4v) is 1.92. The molecular weight excluding hydrogens is 254 g/mol. The highest BCUT2D eigenvalue weighted by Crippen LogP contribution is 2.26. The molecule has 0 saturated heterocycles. The summed E-state index contributed by atoms with van der Waals surface area (Å²) in [6.07, 6.45) is 1.87. The van der Waals surface area contributed by atoms with Crippen LogP contribution in [0.2, 0.25) is 0 Å². The first-order valence-corrected chi connectivity index (χ1v) is 6.27. The highest BCUT2D eigenvalue weighted by molar-refractivity contribution is 5.96. The monoisotopic (exact) mass is 273 g/mol. The summed E-state index contributed by atoms with van der Waals surface area (Å²) in [4.78, 5) is 13.5. The van der Waals surface area contributed by atoms with Crippen LogP contribution in [0.25, 0.3) is 0 Å². The lowest BCUT2D eigenvalue weighted by Gasteiger charge is -2.13. The number of aryl methyl sites for hydroxylation is 2. The van der Waals surface area contributed by atoms with Crippen LogP contribution in [0.1, 0.15) is 16.1 Å². The van der Waals surface area contributed by atoms with Crippen LogP contribution < -0.4 is 11.1 Å². The minimum absolute atomic E-state index is 0.0593. The number of carbonyl (C=O) groups excluding carboxylic acids is 1. The number of benzene rings is 1. The maximum Gasteiger partial charge on any atom is 0.253 e. The van der Waals surface area contributed by atoms with Crippen molar-refractivity contribution in [2.24, 2.45) is 7.05 Å². The van der Waals surface area contributed by atoms with Gasteiger partial charge in [-0.25, -0.2) is 0 Å². The Kier molecular flexibility index (Phi) is 3.65. The lowest BCUT2D eigenvalue weighted by Crippen LogP contribution is -2.21. The van der Waals surface area contributed by atoms with Gasteiger partial charge >= 0.3 is 0 Å². The number of aromatic nitrogens is 2. The standard InChI is InChI=1S/C14H19N5O/c1-9-13(8-19(4)17-9)16-12-7-10(5-6-11(12)15)14(20)18(2)3/h5-8,16H,15H2,1-4H3. The minimum atomic E-state index is -0.0593. The Hall–Kier alpha value is -2.50. The zero-order chi connectivity index (χ0) is 14.9. The van der Waals surface area contributed by atoms with Crippen LogP contribution in [0.4, 0.5) is 17.1 Å². The van der Waals surface area contributed by atoms with Crippen LogP contribution in [-0.2, 0) is 7.05 Å². The topological polar surface area (TPSA) is 76.2 Å². The van der Waals surface area contributed by atoms with Crippen LogP contribution in [0.3, 0.4) is 0 Å². The van der Waals surface area contributed by atoms with E-state index in [9.17, 15) is 4.79 Å². The van der Waals surface area contributed by atoms with Gasteiger partial charge < -0.3 is 16.0 Å². The second-order valence-electron chi connectivity index (χ2n) is 4.93. The van der Waals surface area contributed by atoms with Crippen LogP contribution >= 0.6 is 0 Å². The first-order valence-electron chi connectivity index (χ1n) is 6.27. The van der Waals surface area contributed by atoms with Crippen molar-refractivity contribution in [3.63, 3.8) is 0 Å². The first-order chi connectivity index (χ1) is 9.38. The Bertz CT molecular complexity index is 645. The van der Waals surface area contributed by atoms with Crippen molar-refractivity contribution in [3.8, 4) is 0 Å². The van der Waals surface area contributed by atoms with Crippen LogP contribution in [0, 0.1) is 6.92 Å². The minimum Gasteiger partial charge on any atom is -0.397 e. The van der Waals surface area contributed by atoms with Gasteiger partial charge in [0.1, 0.15) is 0 Å². The number of anilines is 3. The number of carbonyl (C=O) groups is 1. The average molecular weight is 273 g/mol. The molecule has 106 valence electrons. The van der Waals surface area contributed by atoms with Gasteiger partial charge in [-0.2, -0.15) is 5.10 Å². The largest absolute Gasteiger partial charge is 0.397 e. The summed E-state index contributed by atoms with van der Waals surface area (Å²) in [6, 6.07) is 5.20. The van der Waals surface area contributed by atoms with Gasteiger partial charge in [-0.3, -0.25) is 9.48 Å². The molecule has 1 amide bonds. The number of nitrogens with two attached hydrogens (primary N) is 1. The van der Waals surface area contributed by atoms with Crippen molar-refractivity contribution < 1.29 is 4.79 Å². The Labute approximate surface area is 118 Å². The Morgan fingerprint density at radius 2 is 2.05 bits per heavy atom. The van der Waals surface area contributed by atoms with E-state index in [0.29, 0.717) is 16.9 Å². The van der Waals surface area contributed by atoms with Crippen LogP contribution in [0.5, 0.6) is 0 Å². The zero-order valence-corrected chi connectivity index (χ0v) is 12.1. The fourth-order valence-electron chi connectivity index (χ4n) is 1.92. The molecule has 0 aliphatic carbocycles. The molecule has 1 aromatic carbocycles. The molecule has 6 heteroatoms. The van der Waals surface area contributed by atoms with E-state index in [-0.39, 0.29) is 5.91 Å². The summed E-state index contributed by atoms with van der Waals surface area (Å²) in [6.45, 7) is 1.91. The number of nitrogens with one attached hydrogen (secondary N) is 1. The Balaban J connectivity index is 2.34. The zero-order valence-electron chi connectivity index (χ0n) is 12.1. The molecule has 0 spiro atoms. The second-order valence-corrected chi connectivity index (χ2v) is 4.93. The first kappa shape index (κ1) is 13.9. The van der Waals surface area contributed by atoms with E-state index >= 15 is 0 Å². The molecule has 0 aliphatic rings. The van der Waals surface area contributed by atoms with Crippen molar-refractivity contribution in [1.82, 2.24) is 14.7 Å². The molecule has 2 rings (SSSR count). The highest BCUT2D eigenvalue weighted by atomic mass is 16.2. The number of hydrogen-bond acceptors (Lipinski definition) is 4. The normalized spacial score (nSPS) is 10.4. The predicted molar refractivity (Wildman–Crippen MR) is 80.1 cm³/mol. The van der Waals surface area contributed by atoms with E-state index < -0.39 is 0 Å². The maximum absolute atomic E-state index is 12.0. The van der Waals surface area contributed by atoms with Gasteiger partial charge in [0.05, 0.1) is 22.8 Å². The molecule has 1 aromatic heterocycles. The third-order valence-electron chi connectivity index (χ3n) is 2.99. The SMILES string of the molecule is Cc1nn(C)cc1Nc1cc(C(=O)N(C)C)ccc1N. The molecule has 6 nitrogen and oxygen atoms in total. The lowest BCUT2D eigenvalue weighted by atomic mass is 10.1. The van der Waals surface area contributed by atoms with E-state index in [2.05, 4.69) is 10.4 Å². The second kappa shape index (κ2) is 5.24. The Morgan fingerprint density at radius 1 is 1.35 bits per heavy atom. The van der Waals surface area contributed by atoms with Gasteiger partial charge in [0.2, 0.25) is 0 Å². The van der Waals surface area contributed by atoms with Crippen molar-refractivity contribution in [3.05, 3.63) is 35.7 Å². The lowest BCUT2D eigenvalue weighted by molar-refractivity contribution is 0.0827. The van der Waals surface area contributed by atoms with E-state index in [4.69, 9.17) is 5.73 Å². The molecule has 0 saturated carbocycles. The molecule has 20 heavy (non-hydrogen) atoms. The molecular formula is C14H19N5O. The number of nitrogen functional groups attached to an aromatic ring is 1. The number of nitrogens with zero attached hydrogens (tertiary/aromatic N) is 3. The van der Waals surface area contributed by atoms with Crippen LogP contribution in [-0.4, -0.2) is 34.7 Å². The smallest absolute Gasteiger partial charge is 0.253 e. The molecule has 0 bridgehead atoms. The summed E-state index contributed by atoms with van der Waals surface area (Å²) in [5, 5.41) is 7.48. The van der Waals surface area contributed by atoms with E-state index in [1.807, 2.05) is 20.2 Å². The van der Waals surface area contributed by atoms with E-state index in [1.165, 1.54) is 4.90 Å². The third kappa shape index (κ3) is 2.74. The van der Waals surface area contributed by atoms with Crippen molar-refractivity contribution in [2.75, 3.05) is 25.1 Å². The molecule has 0 unspecified atom stereocenters. The fraction of sp³-hybridized carbons (Fsp3) is 0.286. The number of rotatable bonds is 3. The van der Waals surface area contributed by atoms with Gasteiger partial charge in [0.25, 0.3) is 5.91 Å². The van der Waals surface area contributed by atoms with Gasteiger partial charge in [0.15, 0.2) is 0 Å². The summed E-state index contributed by atoms with van der Waals surface area (Å²) in [5.74, 6) is -0.0593. The predicted octanol–water partition coefficient (Wildman–Crippen LogP) is 1.76. The molecule has 3 N–H and O–H groups in total. The summed E-state index contributed by atoms with van der Waals surface area (Å²) in [7, 11) is 5.29. The molecule has 1 heterocycles. The van der Waals surface area contributed by atoms with E-state index in [1.54, 1.807) is 37.0 Å². The van der Waals surface area contributed by atoms with Gasteiger partial charge in [-0.15, -0.1) is 0 Å². The van der Waals surface area contributed by atoms with Gasteiger partial charge in [-0.1, -0.05) is 0 Å². The Morgan fingerprint density at radius 3 is 2.60 bits per heavy atom. The van der Waals surface area contributed by atoms with Crippen molar-refractivity contribution in [1.29, 1.82) is 0 Å². The summed E-state index contributed by atoms with van der Waals surface area (Å²) >= 11 is 0. The number of hydrogen-bond donors (Lipinski definition) is 2. The molecule has 0 aliphatic heterocycles. The van der Waals surface area contributed by atoms with Gasteiger partial charge in [0, 0.05) is 32.9 Å². The summed E-state index contributed by atoms with van der Waals surface area (Å²) in [5.41, 5.74) is 9.58. The maximum atomic E-state index is 12.0. The number of amides is 1. The van der Waals surface area contributed by atoms with E-state index in [0.717, 1.165) is 11.4 Å². The average Bonchev–Trinajstić information content (AvgIpc) is 2.69. The van der Waals surface area contributed by atoms with Crippen LogP contribution in [0.15, 0.2) is 24.4 Å². The summed E-state index contributed by atoms with van der Waals surface area (Å²) < 4.78 is 1.72. The molecule has 0 fully saturated rings. The molecule has 2 aromatic rings. The third-order valence-corrected chi connectivity index (χ3v) is 2.99. The quantitative estimate of drug-likeness (QED) is 0.835.